The molecule has 0 aromatic heterocycles. The van der Waals surface area contributed by atoms with E-state index in [2.05, 4.69) is 51.9 Å². The number of carbonyl (C=O) groups is 1. The van der Waals surface area contributed by atoms with Gasteiger partial charge in [0.15, 0.2) is 8.32 Å². The number of ketones is 1. The second-order valence-electron chi connectivity index (χ2n) is 6.76. The second kappa shape index (κ2) is 8.89. The zero-order valence-corrected chi connectivity index (χ0v) is 16.7. The van der Waals surface area contributed by atoms with Gasteiger partial charge in [-0.15, -0.1) is 5.54 Å². The van der Waals surface area contributed by atoms with Crippen molar-refractivity contribution in [3.63, 3.8) is 0 Å². The Morgan fingerprint density at radius 2 is 1.62 bits per heavy atom. The minimum absolute atomic E-state index is 0.0697. The number of aliphatic hydroxyl groups is 1. The van der Waals surface area contributed by atoms with Crippen LogP contribution in [0.4, 0.5) is 0 Å². The summed E-state index contributed by atoms with van der Waals surface area (Å²) in [4.78, 5) is 11.8. The summed E-state index contributed by atoms with van der Waals surface area (Å²) in [5.41, 5.74) is 3.04. The van der Waals surface area contributed by atoms with Crippen molar-refractivity contribution in [2.75, 3.05) is 0 Å². The lowest BCUT2D eigenvalue weighted by atomic mass is 10.1. The lowest BCUT2D eigenvalue weighted by Crippen LogP contribution is -2.43. The van der Waals surface area contributed by atoms with Crippen molar-refractivity contribution in [3.8, 4) is 11.5 Å². The van der Waals surface area contributed by atoms with E-state index in [9.17, 15) is 9.90 Å². The maximum atomic E-state index is 11.8. The van der Waals surface area contributed by atoms with Crippen molar-refractivity contribution < 1.29 is 14.3 Å². The van der Waals surface area contributed by atoms with Crippen LogP contribution >= 0.6 is 0 Å². The Hall–Kier alpha value is -0.416. The molecule has 5 heteroatoms. The van der Waals surface area contributed by atoms with E-state index >= 15 is 0 Å². The summed E-state index contributed by atoms with van der Waals surface area (Å²) < 4.78 is 6.19. The third-order valence-electron chi connectivity index (χ3n) is 3.88. The van der Waals surface area contributed by atoms with Gasteiger partial charge in [0.05, 0.1) is 12.2 Å². The van der Waals surface area contributed by atoms with E-state index < -0.39 is 22.5 Å². The van der Waals surface area contributed by atoms with Gasteiger partial charge in [0.25, 0.3) is 0 Å². The Labute approximate surface area is 132 Å². The van der Waals surface area contributed by atoms with Gasteiger partial charge in [-0.05, 0) is 31.0 Å². The standard InChI is InChI=1S/C16H32O3Si2/c1-8-21(9-2,10-3)19-14(4)16(18)13-15(17)11-12-20(5,6)7/h14,16,18H,8-10,13H2,1-7H3/t14-,16-/m1/s1. The molecule has 0 rings (SSSR count). The molecule has 0 amide bonds. The van der Waals surface area contributed by atoms with E-state index in [1.54, 1.807) is 0 Å². The first-order valence-corrected chi connectivity index (χ1v) is 14.0. The number of hydrogen-bond acceptors (Lipinski definition) is 3. The van der Waals surface area contributed by atoms with E-state index in [1.165, 1.54) is 0 Å². The van der Waals surface area contributed by atoms with Crippen molar-refractivity contribution in [2.24, 2.45) is 0 Å². The number of aliphatic hydroxyl groups excluding tert-OH is 1. The fraction of sp³-hybridized carbons (Fsp3) is 0.812. The van der Waals surface area contributed by atoms with Gasteiger partial charge in [0.2, 0.25) is 5.78 Å². The summed E-state index contributed by atoms with van der Waals surface area (Å²) in [6.07, 6.45) is -0.987. The van der Waals surface area contributed by atoms with Crippen molar-refractivity contribution in [1.82, 2.24) is 0 Å². The third-order valence-corrected chi connectivity index (χ3v) is 9.50. The van der Waals surface area contributed by atoms with Crippen molar-refractivity contribution >= 4 is 22.2 Å². The summed E-state index contributed by atoms with van der Waals surface area (Å²) >= 11 is 0. The maximum Gasteiger partial charge on any atom is 0.207 e. The lowest BCUT2D eigenvalue weighted by molar-refractivity contribution is -0.116. The summed E-state index contributed by atoms with van der Waals surface area (Å²) in [6.45, 7) is 14.6. The zero-order chi connectivity index (χ0) is 16.7. The van der Waals surface area contributed by atoms with Crippen molar-refractivity contribution in [2.45, 2.75) is 84.1 Å². The molecule has 0 aromatic rings. The first-order valence-electron chi connectivity index (χ1n) is 8.01. The fourth-order valence-electron chi connectivity index (χ4n) is 2.14. The highest BCUT2D eigenvalue weighted by atomic mass is 28.4. The highest BCUT2D eigenvalue weighted by Gasteiger charge is 2.33. The molecule has 0 aliphatic carbocycles. The minimum atomic E-state index is -1.74. The largest absolute Gasteiger partial charge is 0.412 e. The number of carbonyl (C=O) groups excluding carboxylic acids is 1. The Kier molecular flexibility index (Phi) is 8.71. The smallest absolute Gasteiger partial charge is 0.207 e. The Bertz CT molecular complexity index is 378. The number of hydrogen-bond donors (Lipinski definition) is 1. The first kappa shape index (κ1) is 20.6. The van der Waals surface area contributed by atoms with Gasteiger partial charge in [0, 0.05) is 6.42 Å². The SMILES string of the molecule is CC[Si](CC)(CC)O[C@H](C)[C@H](O)CC(=O)C#C[Si](C)(C)C. The van der Waals surface area contributed by atoms with Crippen molar-refractivity contribution in [1.29, 1.82) is 0 Å². The zero-order valence-electron chi connectivity index (χ0n) is 14.7. The monoisotopic (exact) mass is 328 g/mol. The topological polar surface area (TPSA) is 46.5 Å². The van der Waals surface area contributed by atoms with Crippen LogP contribution in [0.3, 0.4) is 0 Å². The van der Waals surface area contributed by atoms with Crippen LogP contribution < -0.4 is 0 Å². The maximum absolute atomic E-state index is 11.8. The van der Waals surface area contributed by atoms with Gasteiger partial charge < -0.3 is 9.53 Å². The molecular formula is C16H32O3Si2. The molecule has 1 N–H and O–H groups in total. The number of Topliss-reactive ketones (excluding diaryl/α,β-unsaturated/α-hetero) is 1. The van der Waals surface area contributed by atoms with Crippen LogP contribution in [0.5, 0.6) is 0 Å². The van der Waals surface area contributed by atoms with Crippen LogP contribution in [-0.4, -0.2) is 39.5 Å². The van der Waals surface area contributed by atoms with Crippen LogP contribution in [0.1, 0.15) is 34.1 Å². The molecule has 0 heterocycles. The predicted molar refractivity (Wildman–Crippen MR) is 94.5 cm³/mol. The Morgan fingerprint density at radius 3 is 2.00 bits per heavy atom. The molecular weight excluding hydrogens is 296 g/mol. The summed E-state index contributed by atoms with van der Waals surface area (Å²) in [7, 11) is -3.28. The van der Waals surface area contributed by atoms with Gasteiger partial charge in [-0.2, -0.15) is 0 Å². The van der Waals surface area contributed by atoms with Crippen LogP contribution in [0, 0.1) is 11.5 Å². The fourth-order valence-corrected chi connectivity index (χ4v) is 5.60. The Morgan fingerprint density at radius 1 is 1.14 bits per heavy atom. The molecule has 0 saturated carbocycles. The van der Waals surface area contributed by atoms with Crippen LogP contribution in [0.25, 0.3) is 0 Å². The molecule has 0 aromatic carbocycles. The molecule has 0 fully saturated rings. The quantitative estimate of drug-likeness (QED) is 0.547. The van der Waals surface area contributed by atoms with E-state index in [0.29, 0.717) is 0 Å². The summed E-state index contributed by atoms with van der Waals surface area (Å²) in [6, 6.07) is 3.13. The van der Waals surface area contributed by atoms with Gasteiger partial charge >= 0.3 is 0 Å². The molecule has 122 valence electrons. The molecule has 0 unspecified atom stereocenters. The molecule has 0 aliphatic rings. The van der Waals surface area contributed by atoms with Gasteiger partial charge in [-0.25, -0.2) is 0 Å². The Balaban J connectivity index is 4.61. The molecule has 0 spiro atoms. The van der Waals surface area contributed by atoms with Gasteiger partial charge in [-0.1, -0.05) is 40.4 Å². The van der Waals surface area contributed by atoms with E-state index in [-0.39, 0.29) is 18.3 Å². The average Bonchev–Trinajstić information content (AvgIpc) is 2.41. The molecule has 0 saturated heterocycles. The third kappa shape index (κ3) is 7.96. The van der Waals surface area contributed by atoms with Crippen LogP contribution in [-0.2, 0) is 9.22 Å². The van der Waals surface area contributed by atoms with E-state index in [4.69, 9.17) is 4.43 Å². The average molecular weight is 329 g/mol. The first-order chi connectivity index (χ1) is 9.59. The minimum Gasteiger partial charge on any atom is -0.412 e. The molecule has 0 radical (unpaired) electrons. The van der Waals surface area contributed by atoms with Crippen LogP contribution in [0.15, 0.2) is 0 Å². The molecule has 2 atom stereocenters. The normalized spacial score (nSPS) is 15.0. The van der Waals surface area contributed by atoms with Crippen LogP contribution in [0.2, 0.25) is 37.8 Å². The predicted octanol–water partition coefficient (Wildman–Crippen LogP) is 3.60. The molecule has 0 aliphatic heterocycles. The molecule has 3 nitrogen and oxygen atoms in total. The highest BCUT2D eigenvalue weighted by Crippen LogP contribution is 2.24. The number of rotatable bonds is 8. The summed E-state index contributed by atoms with van der Waals surface area (Å²) in [5, 5.41) is 10.2. The highest BCUT2D eigenvalue weighted by molar-refractivity contribution is 6.84. The van der Waals surface area contributed by atoms with E-state index in [1.807, 2.05) is 6.92 Å². The van der Waals surface area contributed by atoms with E-state index in [0.717, 1.165) is 18.1 Å². The molecule has 0 bridgehead atoms. The summed E-state index contributed by atoms with van der Waals surface area (Å²) in [5.74, 6) is 2.50. The lowest BCUT2D eigenvalue weighted by Gasteiger charge is -2.33. The van der Waals surface area contributed by atoms with Gasteiger partial charge in [0.1, 0.15) is 8.07 Å². The van der Waals surface area contributed by atoms with Crippen molar-refractivity contribution in [3.05, 3.63) is 0 Å². The molecule has 21 heavy (non-hydrogen) atoms. The second-order valence-corrected chi connectivity index (χ2v) is 16.2. The van der Waals surface area contributed by atoms with Gasteiger partial charge in [-0.3, -0.25) is 4.79 Å².